The highest BCUT2D eigenvalue weighted by Crippen LogP contribution is 2.27. The van der Waals surface area contributed by atoms with Crippen molar-refractivity contribution >= 4 is 33.3 Å². The lowest BCUT2D eigenvalue weighted by Gasteiger charge is -2.13. The Hall–Kier alpha value is -3.85. The van der Waals surface area contributed by atoms with Gasteiger partial charge in [0.05, 0.1) is 12.7 Å². The predicted molar refractivity (Wildman–Crippen MR) is 130 cm³/mol. The van der Waals surface area contributed by atoms with Gasteiger partial charge in [-0.1, -0.05) is 42.8 Å². The molecule has 0 fully saturated rings. The summed E-state index contributed by atoms with van der Waals surface area (Å²) in [4.78, 5) is 24.6. The summed E-state index contributed by atoms with van der Waals surface area (Å²) >= 11 is 0. The standard InChI is InChI=1S/C25H26N2O6S/c1-4-18-7-5-6-8-21(18)26-24(28)16-33-25(29)19-11-14-22(32-3)23(15-19)34(30,31)27-20-12-9-17(2)10-13-20/h5-15,27H,4,16H2,1-3H3,(H,26,28). The largest absolute Gasteiger partial charge is 0.495 e. The number of esters is 1. The van der Waals surface area contributed by atoms with E-state index in [0.717, 1.165) is 23.6 Å². The zero-order chi connectivity index (χ0) is 24.7. The second kappa shape index (κ2) is 10.8. The highest BCUT2D eigenvalue weighted by atomic mass is 32.2. The van der Waals surface area contributed by atoms with E-state index in [1.807, 2.05) is 26.0 Å². The van der Waals surface area contributed by atoms with Crippen LogP contribution in [-0.2, 0) is 26.0 Å². The molecule has 3 rings (SSSR count). The van der Waals surface area contributed by atoms with Gasteiger partial charge in [-0.15, -0.1) is 0 Å². The Kier molecular flexibility index (Phi) is 7.91. The normalized spacial score (nSPS) is 10.9. The fourth-order valence-electron chi connectivity index (χ4n) is 3.20. The molecule has 0 heterocycles. The van der Waals surface area contributed by atoms with Crippen LogP contribution in [0.25, 0.3) is 0 Å². The van der Waals surface area contributed by atoms with E-state index in [4.69, 9.17) is 9.47 Å². The van der Waals surface area contributed by atoms with E-state index in [1.54, 1.807) is 36.4 Å². The second-order valence-electron chi connectivity index (χ2n) is 7.47. The topological polar surface area (TPSA) is 111 Å². The molecule has 9 heteroatoms. The number of aryl methyl sites for hydroxylation is 2. The minimum absolute atomic E-state index is 0.0353. The van der Waals surface area contributed by atoms with E-state index in [1.165, 1.54) is 19.2 Å². The number of sulfonamides is 1. The van der Waals surface area contributed by atoms with Crippen molar-refractivity contribution in [1.29, 1.82) is 0 Å². The van der Waals surface area contributed by atoms with Gasteiger partial charge < -0.3 is 14.8 Å². The van der Waals surface area contributed by atoms with Gasteiger partial charge in [-0.2, -0.15) is 0 Å². The Morgan fingerprint density at radius 1 is 0.971 bits per heavy atom. The summed E-state index contributed by atoms with van der Waals surface area (Å²) in [6.07, 6.45) is 0.732. The Bertz CT molecular complexity index is 1290. The fourth-order valence-corrected chi connectivity index (χ4v) is 4.45. The van der Waals surface area contributed by atoms with Crippen molar-refractivity contribution < 1.29 is 27.5 Å². The number of rotatable bonds is 9. The number of amides is 1. The van der Waals surface area contributed by atoms with Crippen LogP contribution in [0.15, 0.2) is 71.6 Å². The van der Waals surface area contributed by atoms with Crippen LogP contribution in [-0.4, -0.2) is 34.0 Å². The van der Waals surface area contributed by atoms with Gasteiger partial charge in [0.25, 0.3) is 15.9 Å². The van der Waals surface area contributed by atoms with Gasteiger partial charge in [0.15, 0.2) is 6.61 Å². The third kappa shape index (κ3) is 6.14. The van der Waals surface area contributed by atoms with Crippen molar-refractivity contribution in [3.63, 3.8) is 0 Å². The third-order valence-corrected chi connectivity index (χ3v) is 6.40. The third-order valence-electron chi connectivity index (χ3n) is 5.00. The van der Waals surface area contributed by atoms with Crippen LogP contribution in [0, 0.1) is 6.92 Å². The lowest BCUT2D eigenvalue weighted by molar-refractivity contribution is -0.119. The van der Waals surface area contributed by atoms with Gasteiger partial charge in [0.1, 0.15) is 10.6 Å². The van der Waals surface area contributed by atoms with Gasteiger partial charge >= 0.3 is 5.97 Å². The first-order valence-corrected chi connectivity index (χ1v) is 12.0. The summed E-state index contributed by atoms with van der Waals surface area (Å²) < 4.78 is 38.7. The molecule has 0 bridgehead atoms. The molecule has 3 aromatic carbocycles. The first kappa shape index (κ1) is 24.8. The summed E-state index contributed by atoms with van der Waals surface area (Å²) in [5.74, 6) is -1.28. The first-order chi connectivity index (χ1) is 16.2. The molecule has 1 amide bonds. The number of hydrogen-bond donors (Lipinski definition) is 2. The van der Waals surface area contributed by atoms with Crippen LogP contribution < -0.4 is 14.8 Å². The lowest BCUT2D eigenvalue weighted by atomic mass is 10.1. The number of anilines is 2. The van der Waals surface area contributed by atoms with E-state index < -0.39 is 28.5 Å². The van der Waals surface area contributed by atoms with E-state index in [2.05, 4.69) is 10.0 Å². The van der Waals surface area contributed by atoms with Crippen molar-refractivity contribution in [2.75, 3.05) is 23.8 Å². The molecule has 0 saturated heterocycles. The fraction of sp³-hybridized carbons (Fsp3) is 0.200. The van der Waals surface area contributed by atoms with E-state index in [9.17, 15) is 18.0 Å². The average Bonchev–Trinajstić information content (AvgIpc) is 2.83. The molecule has 2 N–H and O–H groups in total. The van der Waals surface area contributed by atoms with E-state index >= 15 is 0 Å². The zero-order valence-electron chi connectivity index (χ0n) is 19.1. The maximum Gasteiger partial charge on any atom is 0.338 e. The minimum Gasteiger partial charge on any atom is -0.495 e. The van der Waals surface area contributed by atoms with Crippen molar-refractivity contribution in [2.24, 2.45) is 0 Å². The Balaban J connectivity index is 1.73. The smallest absolute Gasteiger partial charge is 0.338 e. The van der Waals surface area contributed by atoms with Crippen LogP contribution in [0.4, 0.5) is 11.4 Å². The molecule has 0 spiro atoms. The van der Waals surface area contributed by atoms with Gasteiger partial charge in [-0.05, 0) is 55.3 Å². The molecule has 0 unspecified atom stereocenters. The van der Waals surface area contributed by atoms with Crippen molar-refractivity contribution in [3.05, 3.63) is 83.4 Å². The van der Waals surface area contributed by atoms with Crippen LogP contribution in [0.3, 0.4) is 0 Å². The highest BCUT2D eigenvalue weighted by Gasteiger charge is 2.23. The van der Waals surface area contributed by atoms with Gasteiger partial charge in [-0.25, -0.2) is 13.2 Å². The molecule has 0 aliphatic carbocycles. The van der Waals surface area contributed by atoms with Crippen LogP contribution >= 0.6 is 0 Å². The molecule has 0 aromatic heterocycles. The Morgan fingerprint density at radius 2 is 1.68 bits per heavy atom. The molecule has 0 saturated carbocycles. The Morgan fingerprint density at radius 3 is 2.35 bits per heavy atom. The molecule has 178 valence electrons. The number of carbonyl (C=O) groups excluding carboxylic acids is 2. The average molecular weight is 483 g/mol. The zero-order valence-corrected chi connectivity index (χ0v) is 19.9. The number of ether oxygens (including phenoxy) is 2. The van der Waals surface area contributed by atoms with Gasteiger partial charge in [0, 0.05) is 11.4 Å². The number of methoxy groups -OCH3 is 1. The van der Waals surface area contributed by atoms with Crippen molar-refractivity contribution in [1.82, 2.24) is 0 Å². The number of hydrogen-bond acceptors (Lipinski definition) is 6. The van der Waals surface area contributed by atoms with Crippen LogP contribution in [0.2, 0.25) is 0 Å². The monoisotopic (exact) mass is 482 g/mol. The van der Waals surface area contributed by atoms with Crippen LogP contribution in [0.5, 0.6) is 5.75 Å². The van der Waals surface area contributed by atoms with Crippen molar-refractivity contribution in [3.8, 4) is 5.75 Å². The van der Waals surface area contributed by atoms with Gasteiger partial charge in [0.2, 0.25) is 0 Å². The molecular weight excluding hydrogens is 456 g/mol. The quantitative estimate of drug-likeness (QED) is 0.443. The minimum atomic E-state index is -4.07. The summed E-state index contributed by atoms with van der Waals surface area (Å²) in [5.41, 5.74) is 2.91. The molecule has 0 radical (unpaired) electrons. The van der Waals surface area contributed by atoms with Crippen molar-refractivity contribution in [2.45, 2.75) is 25.2 Å². The van der Waals surface area contributed by atoms with E-state index in [-0.39, 0.29) is 16.2 Å². The lowest BCUT2D eigenvalue weighted by Crippen LogP contribution is -2.22. The molecule has 0 aliphatic rings. The number of nitrogens with one attached hydrogen (secondary N) is 2. The highest BCUT2D eigenvalue weighted by molar-refractivity contribution is 7.92. The SMILES string of the molecule is CCc1ccccc1NC(=O)COC(=O)c1ccc(OC)c(S(=O)(=O)Nc2ccc(C)cc2)c1. The Labute approximate surface area is 199 Å². The molecule has 0 aliphatic heterocycles. The molecule has 3 aromatic rings. The molecule has 8 nitrogen and oxygen atoms in total. The maximum absolute atomic E-state index is 13.0. The number of para-hydroxylation sites is 1. The molecule has 0 atom stereocenters. The summed E-state index contributed by atoms with van der Waals surface area (Å²) in [5, 5.41) is 2.71. The molecular formula is C25H26N2O6S. The van der Waals surface area contributed by atoms with Gasteiger partial charge in [-0.3, -0.25) is 9.52 Å². The van der Waals surface area contributed by atoms with E-state index in [0.29, 0.717) is 11.4 Å². The predicted octanol–water partition coefficient (Wildman–Crippen LogP) is 4.16. The summed E-state index contributed by atoms with van der Waals surface area (Å²) in [6, 6.07) is 18.0. The van der Waals surface area contributed by atoms with Crippen LogP contribution in [0.1, 0.15) is 28.4 Å². The summed E-state index contributed by atoms with van der Waals surface area (Å²) in [6.45, 7) is 3.33. The number of carbonyl (C=O) groups is 2. The molecule has 34 heavy (non-hydrogen) atoms. The maximum atomic E-state index is 13.0. The summed E-state index contributed by atoms with van der Waals surface area (Å²) in [7, 11) is -2.74. The second-order valence-corrected chi connectivity index (χ2v) is 9.12. The first-order valence-electron chi connectivity index (χ1n) is 10.6. The number of benzene rings is 3.